The first-order chi connectivity index (χ1) is 12.5. The number of carboxylic acids is 1. The van der Waals surface area contributed by atoms with Crippen molar-refractivity contribution in [3.8, 4) is 0 Å². The summed E-state index contributed by atoms with van der Waals surface area (Å²) in [6.07, 6.45) is -0.0540. The molecule has 7 nitrogen and oxygen atoms in total. The Morgan fingerprint density at radius 2 is 2.08 bits per heavy atom. The smallest absolute Gasteiger partial charge is 0.305 e. The molecule has 3 aromatic rings. The minimum atomic E-state index is -0.911. The minimum absolute atomic E-state index is 0.0540. The fraction of sp³-hybridized carbons (Fsp3) is 0.333. The number of fused-ring (bicyclic) bond motifs is 3. The van der Waals surface area contributed by atoms with Crippen LogP contribution in [0.5, 0.6) is 0 Å². The van der Waals surface area contributed by atoms with Gasteiger partial charge < -0.3 is 20.0 Å². The topological polar surface area (TPSA) is 103 Å². The molecule has 26 heavy (non-hydrogen) atoms. The third-order valence-electron chi connectivity index (χ3n) is 4.29. The quantitative estimate of drug-likeness (QED) is 0.603. The van der Waals surface area contributed by atoms with Crippen molar-refractivity contribution < 1.29 is 14.3 Å². The van der Waals surface area contributed by atoms with Gasteiger partial charge in [-0.15, -0.1) is 0 Å². The Kier molecular flexibility index (Phi) is 4.83. The molecule has 0 saturated carbocycles. The van der Waals surface area contributed by atoms with Crippen LogP contribution in [0.4, 0.5) is 15.9 Å². The molecule has 1 radical (unpaired) electrons. The molecule has 0 atom stereocenters. The Labute approximate surface area is 148 Å². The van der Waals surface area contributed by atoms with E-state index in [9.17, 15) is 14.0 Å². The molecule has 1 aromatic carbocycles. The van der Waals surface area contributed by atoms with Crippen molar-refractivity contribution in [3.05, 3.63) is 34.4 Å². The Morgan fingerprint density at radius 3 is 2.73 bits per heavy atom. The van der Waals surface area contributed by atoms with Gasteiger partial charge in [-0.05, 0) is 32.0 Å². The Morgan fingerprint density at radius 1 is 1.31 bits per heavy atom. The molecule has 0 saturated heterocycles. The zero-order valence-electron chi connectivity index (χ0n) is 14.6. The van der Waals surface area contributed by atoms with Crippen LogP contribution in [0, 0.1) is 5.82 Å². The Hall–Kier alpha value is -3.03. The number of carbonyl (C=O) groups is 1. The van der Waals surface area contributed by atoms with Gasteiger partial charge in [0.05, 0.1) is 12.1 Å². The number of halogens is 1. The first kappa shape index (κ1) is 17.8. The van der Waals surface area contributed by atoms with E-state index in [4.69, 9.17) is 5.11 Å². The van der Waals surface area contributed by atoms with Crippen molar-refractivity contribution in [1.29, 1.82) is 0 Å². The zero-order valence-corrected chi connectivity index (χ0v) is 14.6. The highest BCUT2D eigenvalue weighted by molar-refractivity contribution is 6.14. The van der Waals surface area contributed by atoms with Crippen LogP contribution < -0.4 is 15.8 Å². The molecular formula is C18H20FN4O3. The molecule has 3 rings (SSSR count). The summed E-state index contributed by atoms with van der Waals surface area (Å²) >= 11 is 0. The molecule has 2 aromatic heterocycles. The largest absolute Gasteiger partial charge is 0.481 e. The van der Waals surface area contributed by atoms with Crippen molar-refractivity contribution in [3.63, 3.8) is 0 Å². The number of benzene rings is 1. The van der Waals surface area contributed by atoms with E-state index in [0.717, 1.165) is 0 Å². The highest BCUT2D eigenvalue weighted by Crippen LogP contribution is 2.38. The highest BCUT2D eigenvalue weighted by atomic mass is 19.1. The van der Waals surface area contributed by atoms with Gasteiger partial charge >= 0.3 is 5.97 Å². The molecule has 137 valence electrons. The Bertz CT molecular complexity index is 1020. The molecule has 0 spiro atoms. The molecule has 0 aliphatic heterocycles. The molecule has 0 fully saturated rings. The summed E-state index contributed by atoms with van der Waals surface area (Å²) < 4.78 is 13.9. The average Bonchev–Trinajstić information content (AvgIpc) is 2.97. The van der Waals surface area contributed by atoms with Crippen LogP contribution in [0.25, 0.3) is 21.8 Å². The lowest BCUT2D eigenvalue weighted by molar-refractivity contribution is -0.136. The van der Waals surface area contributed by atoms with E-state index >= 15 is 0 Å². The standard InChI is InChI=1S/C18H20FN4O3/c1-3-20-17-16(23(4-2)8-7-13(24)25)14-11-9-10(19)5-6-12(11)21-18(26)15(14)22-17/h5-6,9,22H,3-4,7-8H2,1-2H3,(H,21,26)(H,24,25). The van der Waals surface area contributed by atoms with Crippen molar-refractivity contribution in [2.75, 3.05) is 24.5 Å². The first-order valence-corrected chi connectivity index (χ1v) is 8.47. The number of hydrogen-bond acceptors (Lipinski definition) is 3. The van der Waals surface area contributed by atoms with E-state index in [1.165, 1.54) is 18.2 Å². The summed E-state index contributed by atoms with van der Waals surface area (Å²) in [6, 6.07) is 4.17. The SMILES string of the molecule is CC[N]c1[nH]c2c(=O)[nH]c3ccc(F)cc3c2c1N(CC)CCC(=O)O. The number of pyridine rings is 1. The van der Waals surface area contributed by atoms with Crippen molar-refractivity contribution >= 4 is 39.3 Å². The van der Waals surface area contributed by atoms with E-state index in [1.54, 1.807) is 0 Å². The van der Waals surface area contributed by atoms with Gasteiger partial charge in [0.2, 0.25) is 0 Å². The molecular weight excluding hydrogens is 339 g/mol. The van der Waals surface area contributed by atoms with Gasteiger partial charge in [-0.1, -0.05) is 0 Å². The van der Waals surface area contributed by atoms with Crippen LogP contribution in [0.1, 0.15) is 20.3 Å². The zero-order chi connectivity index (χ0) is 18.8. The number of rotatable bonds is 7. The first-order valence-electron chi connectivity index (χ1n) is 8.47. The molecule has 0 amide bonds. The maximum absolute atomic E-state index is 13.9. The van der Waals surface area contributed by atoms with Gasteiger partial charge in [-0.2, -0.15) is 0 Å². The van der Waals surface area contributed by atoms with Crippen molar-refractivity contribution in [1.82, 2.24) is 15.3 Å². The van der Waals surface area contributed by atoms with Crippen LogP contribution in [-0.2, 0) is 4.79 Å². The lowest BCUT2D eigenvalue weighted by atomic mass is 10.1. The number of carboxylic acid groups (broad SMARTS) is 1. The summed E-state index contributed by atoms with van der Waals surface area (Å²) in [5.41, 5.74) is 1.13. The molecule has 0 bridgehead atoms. The molecule has 0 aliphatic carbocycles. The van der Waals surface area contributed by atoms with Crippen LogP contribution in [0.15, 0.2) is 23.0 Å². The lowest BCUT2D eigenvalue weighted by Gasteiger charge is -2.23. The van der Waals surface area contributed by atoms with E-state index in [1.807, 2.05) is 18.7 Å². The predicted octanol–water partition coefficient (Wildman–Crippen LogP) is 2.71. The van der Waals surface area contributed by atoms with Crippen LogP contribution in [-0.4, -0.2) is 40.7 Å². The van der Waals surface area contributed by atoms with E-state index < -0.39 is 11.8 Å². The summed E-state index contributed by atoms with van der Waals surface area (Å²) in [7, 11) is 0. The van der Waals surface area contributed by atoms with Crippen molar-refractivity contribution in [2.24, 2.45) is 0 Å². The number of nitrogens with zero attached hydrogens (tertiary/aromatic N) is 2. The van der Waals surface area contributed by atoms with Gasteiger partial charge in [0.15, 0.2) is 0 Å². The van der Waals surface area contributed by atoms with Crippen LogP contribution >= 0.6 is 0 Å². The normalized spacial score (nSPS) is 11.2. The molecule has 0 unspecified atom stereocenters. The number of aromatic nitrogens is 2. The van der Waals surface area contributed by atoms with Gasteiger partial charge in [0.1, 0.15) is 17.2 Å². The third kappa shape index (κ3) is 3.10. The van der Waals surface area contributed by atoms with Gasteiger partial charge in [-0.25, -0.2) is 4.39 Å². The lowest BCUT2D eigenvalue weighted by Crippen LogP contribution is -2.26. The number of aromatic amines is 2. The summed E-state index contributed by atoms with van der Waals surface area (Å²) in [4.78, 5) is 31.1. The van der Waals surface area contributed by atoms with Crippen molar-refractivity contribution in [2.45, 2.75) is 20.3 Å². The molecule has 2 heterocycles. The molecule has 0 aliphatic rings. The van der Waals surface area contributed by atoms with Gasteiger partial charge in [-0.3, -0.25) is 14.9 Å². The summed E-state index contributed by atoms with van der Waals surface area (Å²) in [5.74, 6) is -0.830. The fourth-order valence-corrected chi connectivity index (χ4v) is 3.17. The predicted molar refractivity (Wildman–Crippen MR) is 98.9 cm³/mol. The second-order valence-corrected chi connectivity index (χ2v) is 5.91. The third-order valence-corrected chi connectivity index (χ3v) is 4.29. The summed E-state index contributed by atoms with van der Waals surface area (Å²) in [6.45, 7) is 5.03. The van der Waals surface area contributed by atoms with Crippen LogP contribution in [0.3, 0.4) is 0 Å². The molecule has 3 N–H and O–H groups in total. The second kappa shape index (κ2) is 7.07. The summed E-state index contributed by atoms with van der Waals surface area (Å²) in [5, 5.41) is 14.6. The van der Waals surface area contributed by atoms with E-state index in [-0.39, 0.29) is 18.5 Å². The van der Waals surface area contributed by atoms with Gasteiger partial charge in [0.25, 0.3) is 5.56 Å². The minimum Gasteiger partial charge on any atom is -0.481 e. The van der Waals surface area contributed by atoms with Gasteiger partial charge in [0, 0.05) is 35.9 Å². The molecule has 8 heteroatoms. The second-order valence-electron chi connectivity index (χ2n) is 5.91. The van der Waals surface area contributed by atoms with E-state index in [0.29, 0.717) is 46.4 Å². The maximum atomic E-state index is 13.9. The number of nitrogens with one attached hydrogen (secondary N) is 2. The number of hydrogen-bond donors (Lipinski definition) is 3. The Balaban J connectivity index is 2.34. The monoisotopic (exact) mass is 359 g/mol. The fourth-order valence-electron chi connectivity index (χ4n) is 3.17. The maximum Gasteiger partial charge on any atom is 0.305 e. The number of anilines is 1. The highest BCUT2D eigenvalue weighted by Gasteiger charge is 2.22. The van der Waals surface area contributed by atoms with Crippen LogP contribution in [0.2, 0.25) is 0 Å². The average molecular weight is 359 g/mol. The van der Waals surface area contributed by atoms with E-state index in [2.05, 4.69) is 15.3 Å². The number of H-pyrrole nitrogens is 2. The number of aliphatic carboxylic acids is 1.